The Morgan fingerprint density at radius 1 is 1.29 bits per heavy atom. The average molecular weight is 317 g/mol. The lowest BCUT2D eigenvalue weighted by Gasteiger charge is -2.12. The molecule has 0 aliphatic rings. The monoisotopic (exact) mass is 317 g/mol. The van der Waals surface area contributed by atoms with Gasteiger partial charge >= 0.3 is 0 Å². The van der Waals surface area contributed by atoms with Gasteiger partial charge in [0.25, 0.3) is 0 Å². The molecule has 1 aromatic carbocycles. The summed E-state index contributed by atoms with van der Waals surface area (Å²) in [5.74, 6) is 0.887. The van der Waals surface area contributed by atoms with Crippen LogP contribution in [-0.4, -0.2) is 40.9 Å². The Labute approximate surface area is 126 Å². The summed E-state index contributed by atoms with van der Waals surface area (Å²) >= 11 is 0. The third kappa shape index (κ3) is 5.18. The molecule has 0 radical (unpaired) electrons. The molecule has 0 amide bonds. The van der Waals surface area contributed by atoms with Crippen LogP contribution in [0.5, 0.6) is 11.5 Å². The second-order valence-electron chi connectivity index (χ2n) is 4.84. The topological polar surface area (TPSA) is 84.9 Å². The quantitative estimate of drug-likeness (QED) is 0.672. The summed E-state index contributed by atoms with van der Waals surface area (Å²) < 4.78 is 37.3. The molecule has 0 spiro atoms. The Morgan fingerprint density at radius 3 is 2.57 bits per heavy atom. The van der Waals surface area contributed by atoms with E-state index in [1.807, 2.05) is 6.92 Å². The first kappa shape index (κ1) is 17.7. The summed E-state index contributed by atoms with van der Waals surface area (Å²) in [4.78, 5) is 0.0551. The lowest BCUT2D eigenvalue weighted by Crippen LogP contribution is -2.25. The van der Waals surface area contributed by atoms with Gasteiger partial charge in [-0.25, -0.2) is 13.1 Å². The van der Waals surface area contributed by atoms with Crippen molar-refractivity contribution in [2.24, 2.45) is 5.92 Å². The van der Waals surface area contributed by atoms with E-state index in [1.165, 1.54) is 20.3 Å². The van der Waals surface area contributed by atoms with Gasteiger partial charge in [-0.2, -0.15) is 0 Å². The van der Waals surface area contributed by atoms with Crippen molar-refractivity contribution in [3.8, 4) is 11.5 Å². The molecule has 0 aliphatic heterocycles. The van der Waals surface area contributed by atoms with Crippen molar-refractivity contribution < 1.29 is 23.0 Å². The fourth-order valence-electron chi connectivity index (χ4n) is 1.82. The van der Waals surface area contributed by atoms with Crippen LogP contribution in [0.15, 0.2) is 23.1 Å². The maximum atomic E-state index is 12.3. The molecular formula is C14H23NO5S. The number of benzene rings is 1. The van der Waals surface area contributed by atoms with E-state index in [-0.39, 0.29) is 23.2 Å². The van der Waals surface area contributed by atoms with E-state index in [0.717, 1.165) is 6.42 Å². The number of nitrogens with one attached hydrogen (secondary N) is 1. The van der Waals surface area contributed by atoms with Crippen LogP contribution < -0.4 is 14.2 Å². The van der Waals surface area contributed by atoms with Crippen LogP contribution in [-0.2, 0) is 10.0 Å². The molecule has 1 atom stereocenters. The molecular weight excluding hydrogens is 294 g/mol. The smallest absolute Gasteiger partial charge is 0.244 e. The molecule has 0 aromatic heterocycles. The van der Waals surface area contributed by atoms with E-state index in [2.05, 4.69) is 4.72 Å². The zero-order valence-electron chi connectivity index (χ0n) is 12.6. The van der Waals surface area contributed by atoms with Gasteiger partial charge in [-0.1, -0.05) is 6.92 Å². The first-order chi connectivity index (χ1) is 9.94. The molecule has 21 heavy (non-hydrogen) atoms. The van der Waals surface area contributed by atoms with Crippen molar-refractivity contribution in [2.75, 3.05) is 27.4 Å². The minimum absolute atomic E-state index is 0.0551. The molecule has 1 rings (SSSR count). The molecule has 0 heterocycles. The summed E-state index contributed by atoms with van der Waals surface area (Å²) in [7, 11) is -0.763. The zero-order valence-corrected chi connectivity index (χ0v) is 13.4. The average Bonchev–Trinajstić information content (AvgIpc) is 2.50. The number of hydrogen-bond acceptors (Lipinski definition) is 5. The highest BCUT2D eigenvalue weighted by Crippen LogP contribution is 2.27. The molecule has 0 bridgehead atoms. The standard InChI is InChI=1S/C14H23NO5S/c1-11(10-16)5-4-8-15-21(17,18)14-9-12(19-2)6-7-13(14)20-3/h6-7,9,11,15-16H,4-5,8,10H2,1-3H3. The van der Waals surface area contributed by atoms with Gasteiger partial charge in [-0.05, 0) is 30.9 Å². The van der Waals surface area contributed by atoms with Crippen LogP contribution in [0.4, 0.5) is 0 Å². The van der Waals surface area contributed by atoms with E-state index < -0.39 is 10.0 Å². The van der Waals surface area contributed by atoms with E-state index in [4.69, 9.17) is 14.6 Å². The van der Waals surface area contributed by atoms with Gasteiger partial charge in [0.05, 0.1) is 14.2 Å². The molecule has 120 valence electrons. The molecule has 0 saturated heterocycles. The highest BCUT2D eigenvalue weighted by Gasteiger charge is 2.20. The van der Waals surface area contributed by atoms with Crippen LogP contribution in [0.1, 0.15) is 19.8 Å². The molecule has 1 aromatic rings. The SMILES string of the molecule is COc1ccc(OC)c(S(=O)(=O)NCCCC(C)CO)c1. The van der Waals surface area contributed by atoms with Gasteiger partial charge in [0.15, 0.2) is 0 Å². The van der Waals surface area contributed by atoms with Crippen LogP contribution in [0.25, 0.3) is 0 Å². The molecule has 7 heteroatoms. The van der Waals surface area contributed by atoms with E-state index in [0.29, 0.717) is 18.7 Å². The predicted molar refractivity (Wildman–Crippen MR) is 80.2 cm³/mol. The van der Waals surface area contributed by atoms with Gasteiger partial charge in [-0.3, -0.25) is 0 Å². The fourth-order valence-corrected chi connectivity index (χ4v) is 3.08. The van der Waals surface area contributed by atoms with Crippen LogP contribution in [0, 0.1) is 5.92 Å². The summed E-state index contributed by atoms with van der Waals surface area (Å²) in [6.07, 6.45) is 1.42. The maximum Gasteiger partial charge on any atom is 0.244 e. The van der Waals surface area contributed by atoms with Crippen molar-refractivity contribution in [2.45, 2.75) is 24.7 Å². The summed E-state index contributed by atoms with van der Waals surface area (Å²) in [6.45, 7) is 2.34. The van der Waals surface area contributed by atoms with E-state index in [1.54, 1.807) is 12.1 Å². The molecule has 0 aliphatic carbocycles. The zero-order chi connectivity index (χ0) is 15.9. The molecule has 2 N–H and O–H groups in total. The normalized spacial score (nSPS) is 13.0. The molecule has 0 saturated carbocycles. The lowest BCUT2D eigenvalue weighted by atomic mass is 10.1. The number of aliphatic hydroxyl groups is 1. The second-order valence-corrected chi connectivity index (χ2v) is 6.58. The predicted octanol–water partition coefficient (Wildman–Crippen LogP) is 1.39. The lowest BCUT2D eigenvalue weighted by molar-refractivity contribution is 0.228. The first-order valence-electron chi connectivity index (χ1n) is 6.77. The summed E-state index contributed by atoms with van der Waals surface area (Å²) in [5, 5.41) is 8.93. The number of ether oxygens (including phenoxy) is 2. The van der Waals surface area contributed by atoms with Crippen molar-refractivity contribution in [3.63, 3.8) is 0 Å². The Hall–Kier alpha value is -1.31. The van der Waals surface area contributed by atoms with Crippen molar-refractivity contribution in [3.05, 3.63) is 18.2 Å². The Balaban J connectivity index is 2.77. The number of hydrogen-bond donors (Lipinski definition) is 2. The van der Waals surface area contributed by atoms with E-state index >= 15 is 0 Å². The Morgan fingerprint density at radius 2 is 2.00 bits per heavy atom. The van der Waals surface area contributed by atoms with Crippen LogP contribution in [0.3, 0.4) is 0 Å². The highest BCUT2D eigenvalue weighted by atomic mass is 32.2. The third-order valence-corrected chi connectivity index (χ3v) is 4.62. The third-order valence-electron chi connectivity index (χ3n) is 3.14. The van der Waals surface area contributed by atoms with Crippen LogP contribution >= 0.6 is 0 Å². The summed E-state index contributed by atoms with van der Waals surface area (Å²) in [6, 6.07) is 4.62. The number of sulfonamides is 1. The Bertz CT molecular complexity index is 544. The molecule has 1 unspecified atom stereocenters. The van der Waals surface area contributed by atoms with E-state index in [9.17, 15) is 8.42 Å². The number of aliphatic hydroxyl groups excluding tert-OH is 1. The van der Waals surface area contributed by atoms with Gasteiger partial charge in [-0.15, -0.1) is 0 Å². The van der Waals surface area contributed by atoms with Crippen molar-refractivity contribution >= 4 is 10.0 Å². The number of methoxy groups -OCH3 is 2. The fraction of sp³-hybridized carbons (Fsp3) is 0.571. The maximum absolute atomic E-state index is 12.3. The Kier molecular flexibility index (Phi) is 6.94. The van der Waals surface area contributed by atoms with Gasteiger partial charge in [0, 0.05) is 19.2 Å². The highest BCUT2D eigenvalue weighted by molar-refractivity contribution is 7.89. The van der Waals surface area contributed by atoms with Crippen LogP contribution in [0.2, 0.25) is 0 Å². The minimum atomic E-state index is -3.66. The van der Waals surface area contributed by atoms with Crippen molar-refractivity contribution in [1.29, 1.82) is 0 Å². The van der Waals surface area contributed by atoms with Gasteiger partial charge < -0.3 is 14.6 Å². The first-order valence-corrected chi connectivity index (χ1v) is 8.25. The summed E-state index contributed by atoms with van der Waals surface area (Å²) in [5.41, 5.74) is 0. The number of rotatable bonds is 9. The molecule has 6 nitrogen and oxygen atoms in total. The van der Waals surface area contributed by atoms with Gasteiger partial charge in [0.2, 0.25) is 10.0 Å². The minimum Gasteiger partial charge on any atom is -0.497 e. The van der Waals surface area contributed by atoms with Gasteiger partial charge in [0.1, 0.15) is 16.4 Å². The largest absolute Gasteiger partial charge is 0.497 e. The van der Waals surface area contributed by atoms with Crippen molar-refractivity contribution in [1.82, 2.24) is 4.72 Å². The molecule has 0 fully saturated rings. The second kappa shape index (κ2) is 8.21.